The quantitative estimate of drug-likeness (QED) is 0.794. The van der Waals surface area contributed by atoms with Gasteiger partial charge in [0.05, 0.1) is 7.11 Å². The lowest BCUT2D eigenvalue weighted by Gasteiger charge is -2.17. The van der Waals surface area contributed by atoms with Gasteiger partial charge in [-0.3, -0.25) is 4.79 Å². The predicted octanol–water partition coefficient (Wildman–Crippen LogP) is 1.79. The topological polar surface area (TPSA) is 79.5 Å². The van der Waals surface area contributed by atoms with Crippen LogP contribution in [0.5, 0.6) is 5.75 Å². The van der Waals surface area contributed by atoms with Crippen molar-refractivity contribution in [3.05, 3.63) is 23.8 Å². The molecule has 21 heavy (non-hydrogen) atoms. The molecule has 1 aliphatic heterocycles. The third-order valence-electron chi connectivity index (χ3n) is 3.55. The first-order valence-electron chi connectivity index (χ1n) is 7.07. The number of urea groups is 1. The SMILES string of the molecule is COc1ccc(NC(=O)NC2CCNC(=O)CC2)c(C)c1. The maximum absolute atomic E-state index is 12.0. The molecule has 3 amide bonds. The highest BCUT2D eigenvalue weighted by Gasteiger charge is 2.18. The number of ether oxygens (including phenoxy) is 1. The Labute approximate surface area is 124 Å². The fraction of sp³-hybridized carbons (Fsp3) is 0.467. The van der Waals surface area contributed by atoms with Crippen LogP contribution in [0.3, 0.4) is 0 Å². The third-order valence-corrected chi connectivity index (χ3v) is 3.55. The van der Waals surface area contributed by atoms with Crippen molar-refractivity contribution in [1.82, 2.24) is 10.6 Å². The van der Waals surface area contributed by atoms with Gasteiger partial charge in [0.2, 0.25) is 5.91 Å². The number of aryl methyl sites for hydroxylation is 1. The molecule has 1 atom stereocenters. The number of rotatable bonds is 3. The average molecular weight is 291 g/mol. The molecule has 114 valence electrons. The molecule has 0 aromatic heterocycles. The zero-order valence-electron chi connectivity index (χ0n) is 12.4. The summed E-state index contributed by atoms with van der Waals surface area (Å²) in [6.07, 6.45) is 1.87. The maximum Gasteiger partial charge on any atom is 0.319 e. The highest BCUT2D eigenvalue weighted by molar-refractivity contribution is 5.90. The molecule has 0 bridgehead atoms. The molecule has 1 fully saturated rings. The number of methoxy groups -OCH3 is 1. The number of anilines is 1. The van der Waals surface area contributed by atoms with Crippen molar-refractivity contribution in [1.29, 1.82) is 0 Å². The molecule has 1 aromatic carbocycles. The van der Waals surface area contributed by atoms with E-state index in [2.05, 4.69) is 16.0 Å². The van der Waals surface area contributed by atoms with Crippen LogP contribution in [-0.2, 0) is 4.79 Å². The zero-order valence-corrected chi connectivity index (χ0v) is 12.4. The summed E-state index contributed by atoms with van der Waals surface area (Å²) >= 11 is 0. The van der Waals surface area contributed by atoms with E-state index < -0.39 is 0 Å². The van der Waals surface area contributed by atoms with E-state index in [4.69, 9.17) is 4.74 Å². The Morgan fingerprint density at radius 2 is 2.19 bits per heavy atom. The van der Waals surface area contributed by atoms with Gasteiger partial charge in [0, 0.05) is 24.7 Å². The number of benzene rings is 1. The molecule has 0 radical (unpaired) electrons. The highest BCUT2D eigenvalue weighted by atomic mass is 16.5. The van der Waals surface area contributed by atoms with E-state index in [0.29, 0.717) is 19.4 Å². The summed E-state index contributed by atoms with van der Waals surface area (Å²) in [5, 5.41) is 8.53. The maximum atomic E-state index is 12.0. The van der Waals surface area contributed by atoms with E-state index in [1.807, 2.05) is 19.1 Å². The van der Waals surface area contributed by atoms with Gasteiger partial charge in [-0.25, -0.2) is 4.79 Å². The van der Waals surface area contributed by atoms with Crippen LogP contribution in [-0.4, -0.2) is 31.6 Å². The average Bonchev–Trinajstić information content (AvgIpc) is 2.66. The molecule has 1 saturated heterocycles. The second-order valence-electron chi connectivity index (χ2n) is 5.15. The molecule has 3 N–H and O–H groups in total. The smallest absolute Gasteiger partial charge is 0.319 e. The first kappa shape index (κ1) is 15.2. The van der Waals surface area contributed by atoms with Crippen molar-refractivity contribution in [3.8, 4) is 5.75 Å². The van der Waals surface area contributed by atoms with Gasteiger partial charge in [-0.15, -0.1) is 0 Å². The molecule has 1 heterocycles. The molecule has 0 spiro atoms. The van der Waals surface area contributed by atoms with E-state index in [1.54, 1.807) is 13.2 Å². The van der Waals surface area contributed by atoms with Crippen molar-refractivity contribution in [2.45, 2.75) is 32.2 Å². The Hall–Kier alpha value is -2.24. The Balaban J connectivity index is 1.90. The number of nitrogens with one attached hydrogen (secondary N) is 3. The number of hydrogen-bond acceptors (Lipinski definition) is 3. The van der Waals surface area contributed by atoms with Crippen LogP contribution in [0.25, 0.3) is 0 Å². The molecule has 2 rings (SSSR count). The minimum atomic E-state index is -0.248. The van der Waals surface area contributed by atoms with Crippen molar-refractivity contribution in [2.24, 2.45) is 0 Å². The van der Waals surface area contributed by atoms with Crippen LogP contribution in [0.1, 0.15) is 24.8 Å². The largest absolute Gasteiger partial charge is 0.497 e. The minimum absolute atomic E-state index is 0.0162. The fourth-order valence-corrected chi connectivity index (χ4v) is 2.32. The molecular weight excluding hydrogens is 270 g/mol. The zero-order chi connectivity index (χ0) is 15.2. The van der Waals surface area contributed by atoms with Crippen molar-refractivity contribution in [2.75, 3.05) is 19.0 Å². The van der Waals surface area contributed by atoms with Crippen LogP contribution in [0, 0.1) is 6.92 Å². The molecule has 0 aliphatic carbocycles. The minimum Gasteiger partial charge on any atom is -0.497 e. The standard InChI is InChI=1S/C15H21N3O3/c1-10-9-12(21-2)4-5-13(10)18-15(20)17-11-3-6-14(19)16-8-7-11/h4-5,9,11H,3,6-8H2,1-2H3,(H,16,19)(H2,17,18,20). The molecule has 1 unspecified atom stereocenters. The lowest BCUT2D eigenvalue weighted by atomic mass is 10.1. The molecule has 0 saturated carbocycles. The van der Waals surface area contributed by atoms with Crippen LogP contribution in [0.4, 0.5) is 10.5 Å². The molecule has 1 aromatic rings. The Kier molecular flexibility index (Phi) is 5.03. The van der Waals surface area contributed by atoms with E-state index in [-0.39, 0.29) is 18.0 Å². The summed E-state index contributed by atoms with van der Waals surface area (Å²) in [6, 6.07) is 5.25. The first-order valence-corrected chi connectivity index (χ1v) is 7.07. The van der Waals surface area contributed by atoms with E-state index >= 15 is 0 Å². The fourth-order valence-electron chi connectivity index (χ4n) is 2.32. The third kappa shape index (κ3) is 4.37. The first-order chi connectivity index (χ1) is 10.1. The van der Waals surface area contributed by atoms with E-state index in [0.717, 1.165) is 23.4 Å². The molecule has 6 heteroatoms. The van der Waals surface area contributed by atoms with Crippen molar-refractivity contribution < 1.29 is 14.3 Å². The summed E-state index contributed by atoms with van der Waals surface area (Å²) in [5.74, 6) is 0.803. The summed E-state index contributed by atoms with van der Waals surface area (Å²) < 4.78 is 5.13. The molecule has 6 nitrogen and oxygen atoms in total. The van der Waals surface area contributed by atoms with Gasteiger partial charge in [-0.2, -0.15) is 0 Å². The van der Waals surface area contributed by atoms with Crippen molar-refractivity contribution >= 4 is 17.6 Å². The lowest BCUT2D eigenvalue weighted by molar-refractivity contribution is -0.120. The molecule has 1 aliphatic rings. The highest BCUT2D eigenvalue weighted by Crippen LogP contribution is 2.21. The predicted molar refractivity (Wildman–Crippen MR) is 80.5 cm³/mol. The Morgan fingerprint density at radius 1 is 1.38 bits per heavy atom. The van der Waals surface area contributed by atoms with Gasteiger partial charge in [-0.1, -0.05) is 0 Å². The second-order valence-corrected chi connectivity index (χ2v) is 5.15. The van der Waals surface area contributed by atoms with Gasteiger partial charge in [0.1, 0.15) is 5.75 Å². The van der Waals surface area contributed by atoms with Crippen molar-refractivity contribution in [3.63, 3.8) is 0 Å². The summed E-state index contributed by atoms with van der Waals surface area (Å²) in [5.41, 5.74) is 1.68. The van der Waals surface area contributed by atoms with Crippen LogP contribution in [0.15, 0.2) is 18.2 Å². The summed E-state index contributed by atoms with van der Waals surface area (Å²) in [7, 11) is 1.61. The monoisotopic (exact) mass is 291 g/mol. The Bertz CT molecular complexity index is 531. The number of carbonyl (C=O) groups excluding carboxylic acids is 2. The van der Waals surface area contributed by atoms with Gasteiger partial charge in [0.15, 0.2) is 0 Å². The van der Waals surface area contributed by atoms with Gasteiger partial charge >= 0.3 is 6.03 Å². The Morgan fingerprint density at radius 3 is 2.90 bits per heavy atom. The number of carbonyl (C=O) groups is 2. The summed E-state index contributed by atoms with van der Waals surface area (Å²) in [4.78, 5) is 23.3. The second kappa shape index (κ2) is 6.97. The summed E-state index contributed by atoms with van der Waals surface area (Å²) in [6.45, 7) is 2.51. The van der Waals surface area contributed by atoms with E-state index in [9.17, 15) is 9.59 Å². The van der Waals surface area contributed by atoms with Gasteiger partial charge in [-0.05, 0) is 43.5 Å². The van der Waals surface area contributed by atoms with Crippen LogP contribution >= 0.6 is 0 Å². The number of hydrogen-bond donors (Lipinski definition) is 3. The lowest BCUT2D eigenvalue weighted by Crippen LogP contribution is -2.38. The van der Waals surface area contributed by atoms with E-state index in [1.165, 1.54) is 0 Å². The van der Waals surface area contributed by atoms with Crippen LogP contribution in [0.2, 0.25) is 0 Å². The van der Waals surface area contributed by atoms with Crippen LogP contribution < -0.4 is 20.7 Å². The number of amides is 3. The van der Waals surface area contributed by atoms with Gasteiger partial charge in [0.25, 0.3) is 0 Å². The normalized spacial score (nSPS) is 18.4. The molecular formula is C15H21N3O3. The van der Waals surface area contributed by atoms with Gasteiger partial charge < -0.3 is 20.7 Å².